The lowest BCUT2D eigenvalue weighted by atomic mass is 9.95. The van der Waals surface area contributed by atoms with Crippen LogP contribution in [0.2, 0.25) is 0 Å². The van der Waals surface area contributed by atoms with Crippen molar-refractivity contribution in [3.63, 3.8) is 0 Å². The Morgan fingerprint density at radius 2 is 1.69 bits per heavy atom. The van der Waals surface area contributed by atoms with E-state index in [0.29, 0.717) is 6.54 Å². The molecule has 0 spiro atoms. The number of rotatable bonds is 6. The minimum Gasteiger partial charge on any atom is -0.398 e. The van der Waals surface area contributed by atoms with E-state index in [1.807, 2.05) is 34.6 Å². The molecule has 146 valence electrons. The van der Waals surface area contributed by atoms with Gasteiger partial charge in [-0.2, -0.15) is 0 Å². The van der Waals surface area contributed by atoms with Gasteiger partial charge in [-0.05, 0) is 69.7 Å². The average molecular weight is 363 g/mol. The van der Waals surface area contributed by atoms with Crippen LogP contribution in [0.5, 0.6) is 0 Å². The zero-order chi connectivity index (χ0) is 19.4. The molecule has 0 aromatic heterocycles. The quantitative estimate of drug-likeness (QED) is 0.580. The van der Waals surface area contributed by atoms with Crippen molar-refractivity contribution in [3.05, 3.63) is 22.3 Å². The van der Waals surface area contributed by atoms with Gasteiger partial charge >= 0.3 is 0 Å². The van der Waals surface area contributed by atoms with Crippen LogP contribution >= 0.6 is 0 Å². The van der Waals surface area contributed by atoms with Crippen molar-refractivity contribution in [2.45, 2.75) is 59.5 Å². The van der Waals surface area contributed by atoms with E-state index in [1.54, 1.807) is 0 Å². The third-order valence-corrected chi connectivity index (χ3v) is 5.79. The van der Waals surface area contributed by atoms with Crippen molar-refractivity contribution in [1.82, 2.24) is 10.2 Å². The molecule has 1 saturated heterocycles. The van der Waals surface area contributed by atoms with Crippen molar-refractivity contribution in [2.75, 3.05) is 37.3 Å². The molecule has 2 rings (SSSR count). The summed E-state index contributed by atoms with van der Waals surface area (Å²) in [5.41, 5.74) is 12.3. The Hall–Kier alpha value is -1.79. The minimum atomic E-state index is -0.315. The number of likely N-dealkylation sites (tertiary alicyclic amines) is 1. The monoisotopic (exact) mass is 362 g/mol. The number of nitrogens with one attached hydrogen (secondary N) is 2. The molecule has 1 aromatic carbocycles. The van der Waals surface area contributed by atoms with Gasteiger partial charge in [-0.1, -0.05) is 0 Å². The van der Waals surface area contributed by atoms with Crippen molar-refractivity contribution in [2.24, 2.45) is 0 Å². The van der Waals surface area contributed by atoms with E-state index in [9.17, 15) is 4.79 Å². The maximum absolute atomic E-state index is 12.6. The molecule has 1 fully saturated rings. The molecule has 1 heterocycles. The molecule has 0 bridgehead atoms. The minimum absolute atomic E-state index is 0.0246. The normalized spacial score (nSPS) is 17.2. The van der Waals surface area contributed by atoms with E-state index < -0.39 is 0 Å². The van der Waals surface area contributed by atoms with Crippen molar-refractivity contribution >= 4 is 17.3 Å². The number of hydrogen-bond acceptors (Lipinski definition) is 5. The maximum atomic E-state index is 12.6. The third-order valence-electron chi connectivity index (χ3n) is 5.79. The van der Waals surface area contributed by atoms with Crippen LogP contribution < -0.4 is 16.4 Å². The largest absolute Gasteiger partial charge is 0.398 e. The third kappa shape index (κ3) is 4.48. The van der Waals surface area contributed by atoms with Gasteiger partial charge in [0, 0.05) is 37.1 Å². The number of aliphatic hydroxyl groups excluding tert-OH is 1. The molecule has 1 unspecified atom stereocenters. The van der Waals surface area contributed by atoms with Crippen LogP contribution in [0.3, 0.4) is 0 Å². The highest BCUT2D eigenvalue weighted by molar-refractivity contribution is 5.85. The van der Waals surface area contributed by atoms with Gasteiger partial charge in [0.25, 0.3) is 0 Å². The van der Waals surface area contributed by atoms with Crippen LogP contribution in [-0.2, 0) is 4.79 Å². The van der Waals surface area contributed by atoms with E-state index in [2.05, 4.69) is 15.5 Å². The molecule has 1 aromatic rings. The Labute approximate surface area is 157 Å². The lowest BCUT2D eigenvalue weighted by molar-refractivity contribution is -0.122. The van der Waals surface area contributed by atoms with Crippen LogP contribution in [0.4, 0.5) is 11.4 Å². The second-order valence-electron chi connectivity index (χ2n) is 7.50. The number of piperidine rings is 1. The highest BCUT2D eigenvalue weighted by Gasteiger charge is 2.23. The zero-order valence-corrected chi connectivity index (χ0v) is 16.8. The van der Waals surface area contributed by atoms with E-state index in [-0.39, 0.29) is 24.6 Å². The maximum Gasteiger partial charge on any atom is 0.242 e. The van der Waals surface area contributed by atoms with Crippen molar-refractivity contribution in [3.8, 4) is 0 Å². The molecule has 6 nitrogen and oxygen atoms in total. The first-order valence-electron chi connectivity index (χ1n) is 9.52. The second-order valence-corrected chi connectivity index (χ2v) is 7.50. The van der Waals surface area contributed by atoms with Gasteiger partial charge in [0.05, 0.1) is 6.61 Å². The first-order valence-corrected chi connectivity index (χ1v) is 9.52. The van der Waals surface area contributed by atoms with E-state index in [1.165, 1.54) is 0 Å². The van der Waals surface area contributed by atoms with Gasteiger partial charge in [0.2, 0.25) is 5.91 Å². The fourth-order valence-corrected chi connectivity index (χ4v) is 3.61. The van der Waals surface area contributed by atoms with Crippen LogP contribution in [0.15, 0.2) is 0 Å². The fourth-order valence-electron chi connectivity index (χ4n) is 3.61. The molecule has 1 atom stereocenters. The molecular formula is C20H34N4O2. The number of carbonyl (C=O) groups is 1. The van der Waals surface area contributed by atoms with E-state index >= 15 is 0 Å². The predicted octanol–water partition coefficient (Wildman–Crippen LogP) is 1.88. The summed E-state index contributed by atoms with van der Waals surface area (Å²) in [4.78, 5) is 14.9. The van der Waals surface area contributed by atoms with E-state index in [0.717, 1.165) is 59.6 Å². The Balaban J connectivity index is 1.98. The van der Waals surface area contributed by atoms with Gasteiger partial charge in [-0.25, -0.2) is 0 Å². The average Bonchev–Trinajstić information content (AvgIpc) is 2.63. The molecule has 5 N–H and O–H groups in total. The molecule has 6 heteroatoms. The number of anilines is 2. The molecule has 26 heavy (non-hydrogen) atoms. The summed E-state index contributed by atoms with van der Waals surface area (Å²) < 4.78 is 0. The molecule has 0 aliphatic carbocycles. The Kier molecular flexibility index (Phi) is 6.89. The van der Waals surface area contributed by atoms with Crippen LogP contribution in [0.25, 0.3) is 0 Å². The molecular weight excluding hydrogens is 328 g/mol. The fraction of sp³-hybridized carbons (Fsp3) is 0.650. The molecule has 1 aliphatic rings. The van der Waals surface area contributed by atoms with E-state index in [4.69, 9.17) is 10.8 Å². The molecule has 1 amide bonds. The summed E-state index contributed by atoms with van der Waals surface area (Å²) in [5, 5.41) is 15.6. The predicted molar refractivity (Wildman–Crippen MR) is 108 cm³/mol. The second kappa shape index (κ2) is 8.73. The van der Waals surface area contributed by atoms with Gasteiger partial charge in [-0.3, -0.25) is 4.79 Å². The summed E-state index contributed by atoms with van der Waals surface area (Å²) in [6, 6.07) is -0.107. The summed E-state index contributed by atoms with van der Waals surface area (Å²) in [5.74, 6) is 0.0246. The first kappa shape index (κ1) is 20.5. The SMILES string of the molecule is Cc1c(C)c(NC(C)C(=O)NC2CCN(CCO)CC2)c(C)c(C)c1N. The van der Waals surface area contributed by atoms with Crippen LogP contribution in [0.1, 0.15) is 42.0 Å². The smallest absolute Gasteiger partial charge is 0.242 e. The van der Waals surface area contributed by atoms with Gasteiger partial charge < -0.3 is 26.4 Å². The van der Waals surface area contributed by atoms with Crippen molar-refractivity contribution in [1.29, 1.82) is 0 Å². The number of amides is 1. The standard InChI is InChI=1S/C20H34N4O2/c1-12-14(3)19(15(4)13(2)18(12)21)22-16(5)20(26)23-17-6-8-24(9-7-17)10-11-25/h16-17,22,25H,6-11,21H2,1-5H3,(H,23,26). The number of β-amino-alcohol motifs (C(OH)–C–C–N with tert-alkyl or cyclic N) is 1. The van der Waals surface area contributed by atoms with Crippen LogP contribution in [0, 0.1) is 27.7 Å². The summed E-state index contributed by atoms with van der Waals surface area (Å²) in [7, 11) is 0. The van der Waals surface area contributed by atoms with Gasteiger partial charge in [0.1, 0.15) is 6.04 Å². The number of benzene rings is 1. The number of aliphatic hydroxyl groups is 1. The lowest BCUT2D eigenvalue weighted by Gasteiger charge is -2.32. The molecule has 0 saturated carbocycles. The summed E-state index contributed by atoms with van der Waals surface area (Å²) >= 11 is 0. The molecule has 0 radical (unpaired) electrons. The number of nitrogens with zero attached hydrogens (tertiary/aromatic N) is 1. The van der Waals surface area contributed by atoms with Gasteiger partial charge in [-0.15, -0.1) is 0 Å². The van der Waals surface area contributed by atoms with Crippen molar-refractivity contribution < 1.29 is 9.90 Å². The highest BCUT2D eigenvalue weighted by Crippen LogP contribution is 2.32. The summed E-state index contributed by atoms with van der Waals surface area (Å²) in [6.07, 6.45) is 1.85. The zero-order valence-electron chi connectivity index (χ0n) is 16.8. The number of hydrogen-bond donors (Lipinski definition) is 4. The highest BCUT2D eigenvalue weighted by atomic mass is 16.3. The van der Waals surface area contributed by atoms with Crippen LogP contribution in [-0.4, -0.2) is 54.2 Å². The Morgan fingerprint density at radius 1 is 1.15 bits per heavy atom. The number of nitrogens with two attached hydrogens (primary N) is 1. The summed E-state index contributed by atoms with van der Waals surface area (Å²) in [6.45, 7) is 12.8. The molecule has 1 aliphatic heterocycles. The Bertz CT molecular complexity index is 623. The topological polar surface area (TPSA) is 90.6 Å². The number of nitrogen functional groups attached to an aromatic ring is 1. The first-order chi connectivity index (χ1) is 12.3. The van der Waals surface area contributed by atoms with Gasteiger partial charge in [0.15, 0.2) is 0 Å². The Morgan fingerprint density at radius 3 is 2.19 bits per heavy atom. The lowest BCUT2D eigenvalue weighted by Crippen LogP contribution is -2.48. The number of carbonyl (C=O) groups excluding carboxylic acids is 1.